The van der Waals surface area contributed by atoms with E-state index in [1.54, 1.807) is 48.5 Å². The molecule has 0 fully saturated rings. The molecule has 0 aliphatic carbocycles. The number of aromatic amines is 1. The number of benzene rings is 3. The molecule has 0 radical (unpaired) electrons. The lowest BCUT2D eigenvalue weighted by molar-refractivity contribution is -0.123. The Morgan fingerprint density at radius 2 is 1.55 bits per heavy atom. The highest BCUT2D eigenvalue weighted by Gasteiger charge is 2.14. The van der Waals surface area contributed by atoms with E-state index >= 15 is 0 Å². The summed E-state index contributed by atoms with van der Waals surface area (Å²) in [5.41, 5.74) is 6.55. The van der Waals surface area contributed by atoms with E-state index in [1.807, 2.05) is 24.3 Å². The smallest absolute Gasteiger partial charge is 0.290 e. The van der Waals surface area contributed by atoms with Crippen LogP contribution < -0.4 is 21.1 Å². The zero-order chi connectivity index (χ0) is 23.2. The number of carbonyl (C=O) groups is 2. The van der Waals surface area contributed by atoms with Crippen LogP contribution in [0.4, 0.5) is 0 Å². The van der Waals surface area contributed by atoms with Gasteiger partial charge in [0.15, 0.2) is 12.3 Å². The molecule has 0 spiro atoms. The molecule has 3 aromatic carbocycles. The quantitative estimate of drug-likeness (QED) is 0.408. The number of aromatic nitrogens is 2. The maximum absolute atomic E-state index is 12.4. The Morgan fingerprint density at radius 3 is 2.21 bits per heavy atom. The Bertz CT molecular complexity index is 1420. The van der Waals surface area contributed by atoms with Crippen LogP contribution >= 0.6 is 0 Å². The van der Waals surface area contributed by atoms with Crippen molar-refractivity contribution in [1.82, 2.24) is 21.0 Å². The normalized spacial score (nSPS) is 10.3. The Kier molecular flexibility index (Phi) is 6.09. The van der Waals surface area contributed by atoms with Crippen molar-refractivity contribution in [3.8, 4) is 22.9 Å². The van der Waals surface area contributed by atoms with Gasteiger partial charge in [0.1, 0.15) is 5.75 Å². The monoisotopic (exact) mass is 439 g/mol. The lowest BCUT2D eigenvalue weighted by Crippen LogP contribution is -2.44. The van der Waals surface area contributed by atoms with Crippen LogP contribution in [0.15, 0.2) is 77.6 Å². The van der Waals surface area contributed by atoms with E-state index in [2.05, 4.69) is 27.1 Å². The topological polar surface area (TPSA) is 137 Å². The molecule has 0 saturated carbocycles. The van der Waals surface area contributed by atoms with Gasteiger partial charge in [-0.2, -0.15) is 10.4 Å². The number of hydrogen-bond donors (Lipinski definition) is 3. The summed E-state index contributed by atoms with van der Waals surface area (Å²) in [7, 11) is 0. The number of rotatable bonds is 5. The highest BCUT2D eigenvalue weighted by Crippen LogP contribution is 2.22. The summed E-state index contributed by atoms with van der Waals surface area (Å²) < 4.78 is 5.45. The third-order valence-corrected chi connectivity index (χ3v) is 4.80. The average molecular weight is 439 g/mol. The minimum absolute atomic E-state index is 0.0233. The minimum Gasteiger partial charge on any atom is -0.484 e. The zero-order valence-corrected chi connectivity index (χ0v) is 17.2. The van der Waals surface area contributed by atoms with Crippen molar-refractivity contribution in [3.05, 3.63) is 94.4 Å². The first-order chi connectivity index (χ1) is 16.0. The van der Waals surface area contributed by atoms with Crippen LogP contribution in [0.5, 0.6) is 5.75 Å². The molecule has 3 N–H and O–H groups in total. The fourth-order valence-corrected chi connectivity index (χ4v) is 3.14. The van der Waals surface area contributed by atoms with Gasteiger partial charge in [0.05, 0.1) is 17.0 Å². The number of ether oxygens (including phenoxy) is 1. The Labute approximate surface area is 187 Å². The molecule has 162 valence electrons. The van der Waals surface area contributed by atoms with Crippen LogP contribution in [0.3, 0.4) is 0 Å². The van der Waals surface area contributed by atoms with E-state index in [9.17, 15) is 14.4 Å². The number of nitrogens with zero attached hydrogens (tertiary/aromatic N) is 2. The third-order valence-electron chi connectivity index (χ3n) is 4.80. The number of fused-ring (bicyclic) bond motifs is 1. The van der Waals surface area contributed by atoms with Gasteiger partial charge in [0.25, 0.3) is 17.4 Å². The molecule has 1 heterocycles. The predicted octanol–water partition coefficient (Wildman–Crippen LogP) is 2.30. The van der Waals surface area contributed by atoms with Gasteiger partial charge in [-0.25, -0.2) is 5.10 Å². The van der Waals surface area contributed by atoms with Gasteiger partial charge in [0.2, 0.25) is 0 Å². The van der Waals surface area contributed by atoms with Crippen molar-refractivity contribution in [2.75, 3.05) is 6.61 Å². The van der Waals surface area contributed by atoms with Crippen LogP contribution in [0.1, 0.15) is 16.1 Å². The standard InChI is InChI=1S/C24H17N5O4/c25-13-15-5-7-16(8-6-15)17-9-11-18(12-10-17)33-14-21(30)26-29-24(32)22-19-3-1-2-4-20(19)23(31)28-27-22/h1-12H,14H2,(H,26,30)(H,28,31)(H,29,32). The molecule has 0 unspecified atom stereocenters. The molecule has 9 heteroatoms. The maximum Gasteiger partial charge on any atom is 0.290 e. The number of hydrogen-bond acceptors (Lipinski definition) is 6. The zero-order valence-electron chi connectivity index (χ0n) is 17.2. The molecule has 0 aliphatic heterocycles. The van der Waals surface area contributed by atoms with E-state index in [4.69, 9.17) is 10.00 Å². The van der Waals surface area contributed by atoms with Crippen molar-refractivity contribution in [3.63, 3.8) is 0 Å². The van der Waals surface area contributed by atoms with Crippen LogP contribution in [0, 0.1) is 11.3 Å². The molecule has 33 heavy (non-hydrogen) atoms. The average Bonchev–Trinajstić information content (AvgIpc) is 2.87. The molecule has 9 nitrogen and oxygen atoms in total. The molecule has 0 saturated heterocycles. The van der Waals surface area contributed by atoms with Crippen LogP contribution in [-0.2, 0) is 4.79 Å². The van der Waals surface area contributed by atoms with E-state index in [0.717, 1.165) is 11.1 Å². The van der Waals surface area contributed by atoms with Gasteiger partial charge in [-0.05, 0) is 41.5 Å². The van der Waals surface area contributed by atoms with Gasteiger partial charge >= 0.3 is 0 Å². The van der Waals surface area contributed by atoms with Crippen LogP contribution in [0.2, 0.25) is 0 Å². The molecule has 1 aromatic heterocycles. The third kappa shape index (κ3) is 4.86. The lowest BCUT2D eigenvalue weighted by atomic mass is 10.0. The molecular formula is C24H17N5O4. The summed E-state index contributed by atoms with van der Waals surface area (Å²) in [6.07, 6.45) is 0. The molecular weight excluding hydrogens is 422 g/mol. The first kappa shape index (κ1) is 21.3. The second-order valence-corrected chi connectivity index (χ2v) is 6.95. The number of carbonyl (C=O) groups excluding carboxylic acids is 2. The summed E-state index contributed by atoms with van der Waals surface area (Å²) in [5.74, 6) is -0.780. The van der Waals surface area contributed by atoms with E-state index < -0.39 is 17.4 Å². The Morgan fingerprint density at radius 1 is 0.909 bits per heavy atom. The summed E-state index contributed by atoms with van der Waals surface area (Å²) in [6.45, 7) is -0.323. The van der Waals surface area contributed by atoms with E-state index in [-0.39, 0.29) is 12.3 Å². The Balaban J connectivity index is 1.32. The SMILES string of the molecule is N#Cc1ccc(-c2ccc(OCC(=O)NNC(=O)c3n[nH]c(=O)c4ccccc34)cc2)cc1. The molecule has 0 aliphatic rings. The van der Waals surface area contributed by atoms with Gasteiger partial charge in [0, 0.05) is 5.39 Å². The fraction of sp³-hybridized carbons (Fsp3) is 0.0417. The molecule has 4 rings (SSSR count). The molecule has 0 bridgehead atoms. The first-order valence-corrected chi connectivity index (χ1v) is 9.85. The van der Waals surface area contributed by atoms with Gasteiger partial charge in [-0.15, -0.1) is 0 Å². The number of nitriles is 1. The predicted molar refractivity (Wildman–Crippen MR) is 120 cm³/mol. The number of nitrogens with one attached hydrogen (secondary N) is 3. The summed E-state index contributed by atoms with van der Waals surface area (Å²) in [5, 5.41) is 15.6. The van der Waals surface area contributed by atoms with Gasteiger partial charge in [-0.3, -0.25) is 25.2 Å². The van der Waals surface area contributed by atoms with Crippen LogP contribution in [0.25, 0.3) is 21.9 Å². The van der Waals surface area contributed by atoms with Crippen molar-refractivity contribution in [2.24, 2.45) is 0 Å². The summed E-state index contributed by atoms with van der Waals surface area (Å²) in [6, 6.07) is 22.9. The van der Waals surface area contributed by atoms with E-state index in [1.165, 1.54) is 0 Å². The van der Waals surface area contributed by atoms with Gasteiger partial charge in [-0.1, -0.05) is 42.5 Å². The van der Waals surface area contributed by atoms with Crippen molar-refractivity contribution in [2.45, 2.75) is 0 Å². The number of hydrazine groups is 1. The van der Waals surface area contributed by atoms with Crippen molar-refractivity contribution >= 4 is 22.6 Å². The fourth-order valence-electron chi connectivity index (χ4n) is 3.14. The van der Waals surface area contributed by atoms with Crippen molar-refractivity contribution in [1.29, 1.82) is 5.26 Å². The lowest BCUT2D eigenvalue weighted by Gasteiger charge is -2.10. The Hall–Kier alpha value is -4.97. The largest absolute Gasteiger partial charge is 0.484 e. The van der Waals surface area contributed by atoms with Crippen molar-refractivity contribution < 1.29 is 14.3 Å². The molecule has 0 atom stereocenters. The number of amides is 2. The van der Waals surface area contributed by atoms with Crippen LogP contribution in [-0.4, -0.2) is 28.6 Å². The maximum atomic E-state index is 12.4. The summed E-state index contributed by atoms with van der Waals surface area (Å²) in [4.78, 5) is 36.3. The minimum atomic E-state index is -0.678. The highest BCUT2D eigenvalue weighted by atomic mass is 16.5. The molecule has 4 aromatic rings. The van der Waals surface area contributed by atoms with E-state index in [0.29, 0.717) is 22.1 Å². The second kappa shape index (κ2) is 9.45. The summed E-state index contributed by atoms with van der Waals surface area (Å²) >= 11 is 0. The second-order valence-electron chi connectivity index (χ2n) is 6.95. The highest BCUT2D eigenvalue weighted by molar-refractivity contribution is 6.05. The first-order valence-electron chi connectivity index (χ1n) is 9.85. The number of H-pyrrole nitrogens is 1. The molecule has 2 amide bonds. The van der Waals surface area contributed by atoms with Gasteiger partial charge < -0.3 is 4.74 Å².